The van der Waals surface area contributed by atoms with Gasteiger partial charge in [-0.2, -0.15) is 0 Å². The summed E-state index contributed by atoms with van der Waals surface area (Å²) in [6, 6.07) is 15.0. The Kier molecular flexibility index (Phi) is 8.32. The lowest BCUT2D eigenvalue weighted by Gasteiger charge is -2.40. The molecule has 1 N–H and O–H groups in total. The molecule has 0 spiro atoms. The van der Waals surface area contributed by atoms with Crippen LogP contribution in [0.4, 0.5) is 20.2 Å². The van der Waals surface area contributed by atoms with Crippen LogP contribution in [-0.2, 0) is 25.6 Å². The molecule has 0 aromatic heterocycles. The van der Waals surface area contributed by atoms with Gasteiger partial charge in [-0.15, -0.1) is 0 Å². The van der Waals surface area contributed by atoms with Crippen LogP contribution in [0.5, 0.6) is 0 Å². The summed E-state index contributed by atoms with van der Waals surface area (Å²) < 4.78 is 34.2. The van der Waals surface area contributed by atoms with E-state index in [0.717, 1.165) is 37.2 Å². The summed E-state index contributed by atoms with van der Waals surface area (Å²) in [7, 11) is 1.73. The lowest BCUT2D eigenvalue weighted by atomic mass is 9.89. The minimum Gasteiger partial charge on any atom is -0.382 e. The number of oxime groups is 1. The van der Waals surface area contributed by atoms with Gasteiger partial charge in [-0.3, -0.25) is 9.59 Å². The number of amides is 2. The largest absolute Gasteiger partial charge is 0.382 e. The van der Waals surface area contributed by atoms with Gasteiger partial charge in [0.15, 0.2) is 5.82 Å². The smallest absolute Gasteiger partial charge is 0.267 e. The van der Waals surface area contributed by atoms with E-state index in [1.807, 2.05) is 18.2 Å². The lowest BCUT2D eigenvalue weighted by Crippen LogP contribution is -2.49. The molecule has 43 heavy (non-hydrogen) atoms. The Morgan fingerprint density at radius 1 is 1.05 bits per heavy atom. The van der Waals surface area contributed by atoms with Gasteiger partial charge in [0.05, 0.1) is 16.8 Å². The van der Waals surface area contributed by atoms with E-state index in [2.05, 4.69) is 15.4 Å². The summed E-state index contributed by atoms with van der Waals surface area (Å²) in [6.45, 7) is 1.88. The van der Waals surface area contributed by atoms with Crippen LogP contribution in [-0.4, -0.2) is 61.4 Å². The van der Waals surface area contributed by atoms with Crippen molar-refractivity contribution in [3.8, 4) is 0 Å². The number of hydrogen-bond donors (Lipinski definition) is 1. The number of carbonyl (C=O) groups is 2. The van der Waals surface area contributed by atoms with Crippen molar-refractivity contribution in [2.75, 3.05) is 37.0 Å². The highest BCUT2D eigenvalue weighted by Crippen LogP contribution is 2.38. The van der Waals surface area contributed by atoms with Crippen LogP contribution in [0.1, 0.15) is 42.0 Å². The first kappa shape index (κ1) is 29.1. The molecule has 0 saturated carbocycles. The number of methoxy groups -OCH3 is 1. The number of halogens is 3. The van der Waals surface area contributed by atoms with Gasteiger partial charge in [-0.25, -0.2) is 8.78 Å². The second-order valence-electron chi connectivity index (χ2n) is 10.9. The van der Waals surface area contributed by atoms with Crippen molar-refractivity contribution in [1.29, 1.82) is 0 Å². The number of nitrogens with one attached hydrogen (secondary N) is 1. The van der Waals surface area contributed by atoms with Crippen LogP contribution in [0, 0.1) is 11.6 Å². The van der Waals surface area contributed by atoms with Crippen LogP contribution in [0.2, 0.25) is 5.02 Å². The van der Waals surface area contributed by atoms with E-state index in [1.165, 1.54) is 35.2 Å². The van der Waals surface area contributed by atoms with Gasteiger partial charge >= 0.3 is 0 Å². The molecule has 1 fully saturated rings. The molecular formula is C32H31ClF2N4O4. The van der Waals surface area contributed by atoms with Gasteiger partial charge in [0.1, 0.15) is 11.9 Å². The number of anilines is 2. The Balaban J connectivity index is 1.30. The normalized spacial score (nSPS) is 20.3. The maximum absolute atomic E-state index is 14.7. The van der Waals surface area contributed by atoms with E-state index in [4.69, 9.17) is 21.2 Å². The van der Waals surface area contributed by atoms with Gasteiger partial charge in [0, 0.05) is 50.1 Å². The maximum Gasteiger partial charge on any atom is 0.267 e. The second kappa shape index (κ2) is 12.3. The fraction of sp³-hybridized carbons (Fsp3) is 0.344. The summed E-state index contributed by atoms with van der Waals surface area (Å²) in [4.78, 5) is 37.2. The first-order valence-electron chi connectivity index (χ1n) is 14.3. The summed E-state index contributed by atoms with van der Waals surface area (Å²) in [5, 5.41) is 6.73. The molecule has 224 valence electrons. The van der Waals surface area contributed by atoms with Crippen molar-refractivity contribution >= 4 is 40.5 Å². The zero-order valence-electron chi connectivity index (χ0n) is 23.6. The molecule has 2 atom stereocenters. The molecule has 0 radical (unpaired) electrons. The van der Waals surface area contributed by atoms with Crippen LogP contribution < -0.4 is 10.2 Å². The fourth-order valence-electron chi connectivity index (χ4n) is 6.16. The van der Waals surface area contributed by atoms with Crippen molar-refractivity contribution in [2.45, 2.75) is 43.9 Å². The maximum atomic E-state index is 14.7. The standard InChI is InChI=1S/C32H31ClF2N4O4/c1-42-21-11-14-38(15-12-21)27-10-4-7-23-22(27)13-16-39(30(23)31(40)36-20-6-2-5-19(34)17-20)32(41)28-18-26(37-43-28)24-8-3-9-25(33)29(24)35/h2-10,17,21,28,30H,11-16,18H2,1H3,(H,36,40)/t28-,30-/m1/s1. The zero-order chi connectivity index (χ0) is 30.1. The van der Waals surface area contributed by atoms with Crippen molar-refractivity contribution in [1.82, 2.24) is 4.90 Å². The number of benzene rings is 3. The van der Waals surface area contributed by atoms with Gasteiger partial charge in [0.25, 0.3) is 11.8 Å². The minimum absolute atomic E-state index is 0.0200. The molecule has 6 rings (SSSR count). The molecule has 2 amide bonds. The van der Waals surface area contributed by atoms with Gasteiger partial charge < -0.3 is 24.7 Å². The third kappa shape index (κ3) is 5.81. The first-order chi connectivity index (χ1) is 20.8. The summed E-state index contributed by atoms with van der Waals surface area (Å²) >= 11 is 5.95. The van der Waals surface area contributed by atoms with E-state index in [9.17, 15) is 18.4 Å². The minimum atomic E-state index is -1.05. The highest BCUT2D eigenvalue weighted by atomic mass is 35.5. The number of carbonyl (C=O) groups excluding carboxylic acids is 2. The van der Waals surface area contributed by atoms with Crippen LogP contribution in [0.25, 0.3) is 0 Å². The van der Waals surface area contributed by atoms with Crippen molar-refractivity contribution in [3.63, 3.8) is 0 Å². The molecule has 3 aliphatic rings. The average Bonchev–Trinajstić information content (AvgIpc) is 3.51. The molecule has 3 aliphatic heterocycles. The molecule has 3 aromatic rings. The summed E-state index contributed by atoms with van der Waals surface area (Å²) in [5.74, 6) is -2.05. The van der Waals surface area contributed by atoms with Crippen molar-refractivity contribution < 1.29 is 27.9 Å². The molecule has 3 heterocycles. The quantitative estimate of drug-likeness (QED) is 0.400. The number of fused-ring (bicyclic) bond motifs is 1. The highest BCUT2D eigenvalue weighted by molar-refractivity contribution is 6.31. The number of nitrogens with zero attached hydrogens (tertiary/aromatic N) is 3. The van der Waals surface area contributed by atoms with Gasteiger partial charge in [-0.1, -0.05) is 41.0 Å². The molecular weight excluding hydrogens is 578 g/mol. The Morgan fingerprint density at radius 3 is 2.58 bits per heavy atom. The molecule has 0 aliphatic carbocycles. The number of piperidine rings is 1. The van der Waals surface area contributed by atoms with Crippen molar-refractivity contribution in [3.05, 3.63) is 94.0 Å². The van der Waals surface area contributed by atoms with Crippen LogP contribution in [0.3, 0.4) is 0 Å². The van der Waals surface area contributed by atoms with E-state index in [-0.39, 0.29) is 41.1 Å². The summed E-state index contributed by atoms with van der Waals surface area (Å²) in [6.07, 6.45) is 1.50. The molecule has 11 heteroatoms. The SMILES string of the molecule is COC1CCN(c2cccc3c2CCN(C(=O)[C@H]2CC(c4cccc(Cl)c4F)=NO2)[C@H]3C(=O)Nc2cccc(F)c2)CC1. The topological polar surface area (TPSA) is 83.5 Å². The molecule has 0 unspecified atom stereocenters. The zero-order valence-corrected chi connectivity index (χ0v) is 24.3. The Bertz CT molecular complexity index is 1580. The third-order valence-electron chi connectivity index (χ3n) is 8.34. The van der Waals surface area contributed by atoms with Crippen LogP contribution >= 0.6 is 11.6 Å². The molecule has 3 aromatic carbocycles. The Labute approximate surface area is 253 Å². The molecule has 0 bridgehead atoms. The summed E-state index contributed by atoms with van der Waals surface area (Å²) in [5.41, 5.74) is 3.42. The van der Waals surface area contributed by atoms with E-state index in [1.54, 1.807) is 19.2 Å². The van der Waals surface area contributed by atoms with Gasteiger partial charge in [0.2, 0.25) is 6.10 Å². The Morgan fingerprint density at radius 2 is 1.81 bits per heavy atom. The lowest BCUT2D eigenvalue weighted by molar-refractivity contribution is -0.148. The number of hydrogen-bond acceptors (Lipinski definition) is 6. The second-order valence-corrected chi connectivity index (χ2v) is 11.3. The predicted molar refractivity (Wildman–Crippen MR) is 159 cm³/mol. The molecule has 8 nitrogen and oxygen atoms in total. The van der Waals surface area contributed by atoms with Gasteiger partial charge in [-0.05, 0) is 66.8 Å². The Hall–Kier alpha value is -4.02. The van der Waals surface area contributed by atoms with E-state index in [0.29, 0.717) is 12.0 Å². The highest BCUT2D eigenvalue weighted by Gasteiger charge is 2.42. The number of ether oxygens (including phenoxy) is 1. The average molecular weight is 609 g/mol. The van der Waals surface area contributed by atoms with Crippen LogP contribution in [0.15, 0.2) is 65.8 Å². The predicted octanol–water partition coefficient (Wildman–Crippen LogP) is 5.49. The van der Waals surface area contributed by atoms with E-state index >= 15 is 0 Å². The first-order valence-corrected chi connectivity index (χ1v) is 14.7. The monoisotopic (exact) mass is 608 g/mol. The third-order valence-corrected chi connectivity index (χ3v) is 8.63. The number of rotatable bonds is 6. The van der Waals surface area contributed by atoms with Crippen molar-refractivity contribution in [2.24, 2.45) is 5.16 Å². The van der Waals surface area contributed by atoms with E-state index < -0.39 is 35.6 Å². The molecule has 1 saturated heterocycles. The fourth-order valence-corrected chi connectivity index (χ4v) is 6.33.